The van der Waals surface area contributed by atoms with Crippen molar-refractivity contribution in [1.82, 2.24) is 25.0 Å². The molecule has 31 heavy (non-hydrogen) atoms. The number of nitrogens with zero attached hydrogens (tertiary/aromatic N) is 3. The van der Waals surface area contributed by atoms with Crippen LogP contribution < -0.4 is 10.9 Å². The molecule has 0 atom stereocenters. The van der Waals surface area contributed by atoms with Gasteiger partial charge in [0.2, 0.25) is 0 Å². The molecule has 1 saturated heterocycles. The predicted octanol–water partition coefficient (Wildman–Crippen LogP) is 2.61. The molecule has 1 aromatic carbocycles. The molecular weight excluding hydrogens is 394 g/mol. The number of hydrogen-bond acceptors (Lipinski definition) is 5. The maximum absolute atomic E-state index is 13.0. The van der Waals surface area contributed by atoms with Crippen LogP contribution in [-0.2, 0) is 4.74 Å². The minimum Gasteiger partial charge on any atom is -0.381 e. The van der Waals surface area contributed by atoms with Crippen LogP contribution in [0.4, 0.5) is 0 Å². The van der Waals surface area contributed by atoms with Crippen molar-refractivity contribution in [3.63, 3.8) is 0 Å². The molecule has 0 saturated carbocycles. The SMILES string of the molecule is CCN(CC)CCNC(=O)c1cc2c(cc1C)[nH]c(=O)c1cnn(C3CCOCC3)c12. The number of rotatable bonds is 7. The second-order valence-corrected chi connectivity index (χ2v) is 8.14. The van der Waals surface area contributed by atoms with Gasteiger partial charge in [0.15, 0.2) is 0 Å². The van der Waals surface area contributed by atoms with Crippen LogP contribution in [0.15, 0.2) is 23.1 Å². The summed E-state index contributed by atoms with van der Waals surface area (Å²) in [5.41, 5.74) is 2.82. The number of carbonyl (C=O) groups excluding carboxylic acids is 1. The van der Waals surface area contributed by atoms with Crippen molar-refractivity contribution >= 4 is 27.7 Å². The van der Waals surface area contributed by atoms with Crippen molar-refractivity contribution in [1.29, 1.82) is 0 Å². The fraction of sp³-hybridized carbons (Fsp3) is 0.522. The van der Waals surface area contributed by atoms with Crippen molar-refractivity contribution < 1.29 is 9.53 Å². The Hall–Kier alpha value is -2.71. The van der Waals surface area contributed by atoms with Crippen LogP contribution in [0.5, 0.6) is 0 Å². The Bertz CT molecular complexity index is 1140. The number of aromatic amines is 1. The monoisotopic (exact) mass is 425 g/mol. The molecule has 2 N–H and O–H groups in total. The summed E-state index contributed by atoms with van der Waals surface area (Å²) in [5, 5.41) is 8.99. The van der Waals surface area contributed by atoms with E-state index in [9.17, 15) is 9.59 Å². The Kier molecular flexibility index (Phi) is 6.38. The Labute approximate surface area is 181 Å². The van der Waals surface area contributed by atoms with E-state index in [4.69, 9.17) is 4.74 Å². The maximum atomic E-state index is 13.0. The number of pyridine rings is 1. The van der Waals surface area contributed by atoms with Crippen LogP contribution in [-0.4, -0.2) is 65.0 Å². The number of benzene rings is 1. The summed E-state index contributed by atoms with van der Waals surface area (Å²) in [6, 6.07) is 3.97. The van der Waals surface area contributed by atoms with Gasteiger partial charge in [-0.25, -0.2) is 0 Å². The maximum Gasteiger partial charge on any atom is 0.259 e. The Morgan fingerprint density at radius 2 is 2.00 bits per heavy atom. The Morgan fingerprint density at radius 3 is 2.71 bits per heavy atom. The molecule has 1 aliphatic heterocycles. The first-order chi connectivity index (χ1) is 15.0. The van der Waals surface area contributed by atoms with E-state index >= 15 is 0 Å². The number of carbonyl (C=O) groups is 1. The number of likely N-dealkylation sites (N-methyl/N-ethyl adjacent to an activating group) is 1. The normalized spacial score (nSPS) is 15.2. The minimum atomic E-state index is -0.156. The third kappa shape index (κ3) is 4.22. The molecule has 166 valence electrons. The van der Waals surface area contributed by atoms with Gasteiger partial charge in [0.25, 0.3) is 11.5 Å². The molecule has 1 aliphatic rings. The number of aryl methyl sites for hydroxylation is 1. The largest absolute Gasteiger partial charge is 0.381 e. The average molecular weight is 426 g/mol. The second kappa shape index (κ2) is 9.20. The first kappa shape index (κ1) is 21.5. The average Bonchev–Trinajstić information content (AvgIpc) is 3.23. The molecule has 1 fully saturated rings. The van der Waals surface area contributed by atoms with Crippen molar-refractivity contribution in [2.75, 3.05) is 39.4 Å². The van der Waals surface area contributed by atoms with Crippen LogP contribution in [0.3, 0.4) is 0 Å². The lowest BCUT2D eigenvalue weighted by Gasteiger charge is -2.23. The summed E-state index contributed by atoms with van der Waals surface area (Å²) in [6.45, 7) is 10.8. The number of nitrogens with one attached hydrogen (secondary N) is 2. The predicted molar refractivity (Wildman–Crippen MR) is 122 cm³/mol. The Morgan fingerprint density at radius 1 is 1.26 bits per heavy atom. The van der Waals surface area contributed by atoms with Crippen LogP contribution in [0.1, 0.15) is 48.7 Å². The molecule has 0 bridgehead atoms. The standard InChI is InChI=1S/C23H31N5O3/c1-4-27(5-2)9-8-24-22(29)17-13-18-20(12-15(17)3)26-23(30)19-14-25-28(21(18)19)16-6-10-31-11-7-16/h12-14,16H,4-11H2,1-3H3,(H,24,29)(H,26,30). The summed E-state index contributed by atoms with van der Waals surface area (Å²) in [7, 11) is 0. The van der Waals surface area contributed by atoms with Gasteiger partial charge in [-0.05, 0) is 50.6 Å². The summed E-state index contributed by atoms with van der Waals surface area (Å²) in [5.74, 6) is -0.0944. The van der Waals surface area contributed by atoms with Crippen LogP contribution in [0, 0.1) is 6.92 Å². The highest BCUT2D eigenvalue weighted by atomic mass is 16.5. The zero-order chi connectivity index (χ0) is 22.0. The molecule has 0 radical (unpaired) electrons. The van der Waals surface area contributed by atoms with E-state index in [0.29, 0.717) is 30.7 Å². The van der Waals surface area contributed by atoms with E-state index in [2.05, 4.69) is 34.1 Å². The van der Waals surface area contributed by atoms with Gasteiger partial charge in [0.1, 0.15) is 0 Å². The molecule has 3 aromatic rings. The minimum absolute atomic E-state index is 0.0944. The zero-order valence-electron chi connectivity index (χ0n) is 18.5. The third-order valence-corrected chi connectivity index (χ3v) is 6.30. The molecule has 3 heterocycles. The number of hydrogen-bond donors (Lipinski definition) is 2. The number of aromatic nitrogens is 3. The summed E-state index contributed by atoms with van der Waals surface area (Å²) < 4.78 is 7.44. The van der Waals surface area contributed by atoms with Crippen molar-refractivity contribution in [3.05, 3.63) is 39.8 Å². The molecule has 4 rings (SSSR count). The number of H-pyrrole nitrogens is 1. The lowest BCUT2D eigenvalue weighted by Crippen LogP contribution is -2.35. The van der Waals surface area contributed by atoms with E-state index in [-0.39, 0.29) is 17.5 Å². The van der Waals surface area contributed by atoms with E-state index in [1.807, 2.05) is 23.7 Å². The van der Waals surface area contributed by atoms with E-state index in [1.54, 1.807) is 6.20 Å². The fourth-order valence-corrected chi connectivity index (χ4v) is 4.41. The molecule has 2 aromatic heterocycles. The number of amides is 1. The van der Waals surface area contributed by atoms with Gasteiger partial charge in [-0.3, -0.25) is 14.3 Å². The first-order valence-electron chi connectivity index (χ1n) is 11.2. The third-order valence-electron chi connectivity index (χ3n) is 6.30. The van der Waals surface area contributed by atoms with Gasteiger partial charge in [-0.2, -0.15) is 5.10 Å². The van der Waals surface area contributed by atoms with Gasteiger partial charge >= 0.3 is 0 Å². The van der Waals surface area contributed by atoms with Crippen LogP contribution in [0.25, 0.3) is 21.8 Å². The second-order valence-electron chi connectivity index (χ2n) is 8.14. The van der Waals surface area contributed by atoms with Crippen molar-refractivity contribution in [2.45, 2.75) is 39.7 Å². The Balaban J connectivity index is 1.73. The fourth-order valence-electron chi connectivity index (χ4n) is 4.41. The topological polar surface area (TPSA) is 92.3 Å². The lowest BCUT2D eigenvalue weighted by atomic mass is 10.0. The van der Waals surface area contributed by atoms with E-state index in [0.717, 1.165) is 54.5 Å². The highest BCUT2D eigenvalue weighted by Gasteiger charge is 2.22. The van der Waals surface area contributed by atoms with Gasteiger partial charge in [-0.15, -0.1) is 0 Å². The van der Waals surface area contributed by atoms with Gasteiger partial charge in [0.05, 0.1) is 28.7 Å². The van der Waals surface area contributed by atoms with Gasteiger partial charge in [-0.1, -0.05) is 13.8 Å². The lowest BCUT2D eigenvalue weighted by molar-refractivity contribution is 0.0675. The van der Waals surface area contributed by atoms with Crippen molar-refractivity contribution in [2.24, 2.45) is 0 Å². The molecule has 8 heteroatoms. The highest BCUT2D eigenvalue weighted by Crippen LogP contribution is 2.29. The van der Waals surface area contributed by atoms with E-state index < -0.39 is 0 Å². The molecule has 0 aliphatic carbocycles. The smallest absolute Gasteiger partial charge is 0.259 e. The first-order valence-corrected chi connectivity index (χ1v) is 11.2. The van der Waals surface area contributed by atoms with Crippen LogP contribution >= 0.6 is 0 Å². The number of ether oxygens (including phenoxy) is 1. The summed E-state index contributed by atoms with van der Waals surface area (Å²) in [4.78, 5) is 30.8. The van der Waals surface area contributed by atoms with E-state index in [1.165, 1.54) is 0 Å². The molecule has 1 amide bonds. The summed E-state index contributed by atoms with van der Waals surface area (Å²) >= 11 is 0. The molecule has 8 nitrogen and oxygen atoms in total. The highest BCUT2D eigenvalue weighted by molar-refractivity contribution is 6.07. The van der Waals surface area contributed by atoms with Crippen LogP contribution in [0.2, 0.25) is 0 Å². The molecule has 0 spiro atoms. The summed E-state index contributed by atoms with van der Waals surface area (Å²) in [6.07, 6.45) is 3.35. The molecular formula is C23H31N5O3. The van der Waals surface area contributed by atoms with Crippen molar-refractivity contribution in [3.8, 4) is 0 Å². The zero-order valence-corrected chi connectivity index (χ0v) is 18.5. The molecule has 0 unspecified atom stereocenters. The van der Waals surface area contributed by atoms with Gasteiger partial charge in [0, 0.05) is 37.3 Å². The van der Waals surface area contributed by atoms with Gasteiger partial charge < -0.3 is 19.9 Å². The number of fused-ring (bicyclic) bond motifs is 3. The quantitative estimate of drug-likeness (QED) is 0.607.